The zero-order valence-electron chi connectivity index (χ0n) is 12.9. The Kier molecular flexibility index (Phi) is 6.70. The molecule has 4 nitrogen and oxygen atoms in total. The molecule has 0 spiro atoms. The summed E-state index contributed by atoms with van der Waals surface area (Å²) in [5, 5.41) is 0. The predicted molar refractivity (Wildman–Crippen MR) is 81.3 cm³/mol. The van der Waals surface area contributed by atoms with Crippen molar-refractivity contribution in [1.29, 1.82) is 0 Å². The molecule has 0 atom stereocenters. The van der Waals surface area contributed by atoms with E-state index in [0.717, 1.165) is 18.7 Å². The topological polar surface area (TPSA) is 32.8 Å². The number of hydrogen-bond donors (Lipinski definition) is 0. The maximum atomic E-state index is 13.0. The van der Waals surface area contributed by atoms with Gasteiger partial charge in [-0.05, 0) is 30.7 Å². The van der Waals surface area contributed by atoms with Gasteiger partial charge in [-0.15, -0.1) is 0 Å². The Morgan fingerprint density at radius 1 is 1.13 bits per heavy atom. The lowest BCUT2D eigenvalue weighted by atomic mass is 10.2. The minimum atomic E-state index is -2.51. The third-order valence-corrected chi connectivity index (χ3v) is 3.74. The molecule has 1 aromatic rings. The molecule has 2 rings (SSSR count). The second-order valence-electron chi connectivity index (χ2n) is 5.41. The Labute approximate surface area is 133 Å². The molecule has 1 aliphatic rings. The number of carbonyl (C=O) groups is 1. The summed E-state index contributed by atoms with van der Waals surface area (Å²) < 4.78 is 41.6. The van der Waals surface area contributed by atoms with Crippen molar-refractivity contribution in [2.45, 2.75) is 19.3 Å². The Morgan fingerprint density at radius 3 is 2.57 bits per heavy atom. The number of anilines is 1. The van der Waals surface area contributed by atoms with Crippen LogP contribution in [0, 0.1) is 5.82 Å². The van der Waals surface area contributed by atoms with E-state index in [2.05, 4.69) is 4.90 Å². The van der Waals surface area contributed by atoms with Crippen molar-refractivity contribution in [3.8, 4) is 0 Å². The average molecular weight is 330 g/mol. The number of alkyl halides is 2. The fourth-order valence-corrected chi connectivity index (χ4v) is 2.57. The zero-order valence-corrected chi connectivity index (χ0v) is 12.9. The molecule has 1 amide bonds. The van der Waals surface area contributed by atoms with E-state index in [1.807, 2.05) is 0 Å². The molecular formula is C16H21F3N2O2. The van der Waals surface area contributed by atoms with Gasteiger partial charge in [0.05, 0.1) is 13.0 Å². The third kappa shape index (κ3) is 5.74. The van der Waals surface area contributed by atoms with Crippen LogP contribution in [0.25, 0.3) is 0 Å². The molecule has 1 aromatic carbocycles. The Hall–Kier alpha value is -1.76. The molecule has 0 aliphatic carbocycles. The summed E-state index contributed by atoms with van der Waals surface area (Å²) in [4.78, 5) is 15.9. The van der Waals surface area contributed by atoms with Gasteiger partial charge in [0, 0.05) is 31.9 Å². The molecule has 0 aromatic heterocycles. The van der Waals surface area contributed by atoms with Crippen molar-refractivity contribution >= 4 is 11.6 Å². The summed E-state index contributed by atoms with van der Waals surface area (Å²) >= 11 is 0. The predicted octanol–water partition coefficient (Wildman–Crippen LogP) is 2.54. The highest BCUT2D eigenvalue weighted by atomic mass is 19.3. The SMILES string of the molecule is O=C(CCOCC(F)F)N1CCCN(c2ccc(F)cc2)CC1. The van der Waals surface area contributed by atoms with Crippen LogP contribution in [0.3, 0.4) is 0 Å². The molecule has 128 valence electrons. The lowest BCUT2D eigenvalue weighted by Gasteiger charge is -2.23. The van der Waals surface area contributed by atoms with Gasteiger partial charge >= 0.3 is 0 Å². The van der Waals surface area contributed by atoms with Crippen LogP contribution in [0.15, 0.2) is 24.3 Å². The van der Waals surface area contributed by atoms with Gasteiger partial charge in [0.2, 0.25) is 5.91 Å². The van der Waals surface area contributed by atoms with Crippen LogP contribution in [-0.2, 0) is 9.53 Å². The highest BCUT2D eigenvalue weighted by Crippen LogP contribution is 2.17. The number of hydrogen-bond acceptors (Lipinski definition) is 3. The Morgan fingerprint density at radius 2 is 1.87 bits per heavy atom. The summed E-state index contributed by atoms with van der Waals surface area (Å²) in [5.74, 6) is -0.357. The lowest BCUT2D eigenvalue weighted by molar-refractivity contribution is -0.132. The molecule has 0 N–H and O–H groups in total. The first-order valence-electron chi connectivity index (χ1n) is 7.70. The molecule has 1 heterocycles. The third-order valence-electron chi connectivity index (χ3n) is 3.74. The fraction of sp³-hybridized carbons (Fsp3) is 0.562. The summed E-state index contributed by atoms with van der Waals surface area (Å²) in [5.41, 5.74) is 0.931. The van der Waals surface area contributed by atoms with Crippen LogP contribution in [0.2, 0.25) is 0 Å². The second-order valence-corrected chi connectivity index (χ2v) is 5.41. The summed E-state index contributed by atoms with van der Waals surface area (Å²) in [6.07, 6.45) is -1.59. The monoisotopic (exact) mass is 330 g/mol. The van der Waals surface area contributed by atoms with Crippen LogP contribution < -0.4 is 4.90 Å². The standard InChI is InChI=1S/C16H21F3N2O2/c17-13-2-4-14(5-3-13)20-7-1-8-21(10-9-20)16(22)6-11-23-12-15(18)19/h2-5,15H,1,6-12H2. The van der Waals surface area contributed by atoms with Gasteiger partial charge in [-0.1, -0.05) is 0 Å². The summed E-state index contributed by atoms with van der Waals surface area (Å²) in [6.45, 7) is 2.02. The smallest absolute Gasteiger partial charge is 0.261 e. The minimum absolute atomic E-state index is 0.0152. The van der Waals surface area contributed by atoms with Crippen LogP contribution >= 0.6 is 0 Å². The number of nitrogens with zero attached hydrogens (tertiary/aromatic N) is 2. The quantitative estimate of drug-likeness (QED) is 0.752. The van der Waals surface area contributed by atoms with Crippen LogP contribution in [0.5, 0.6) is 0 Å². The van der Waals surface area contributed by atoms with Gasteiger partial charge in [-0.25, -0.2) is 13.2 Å². The Bertz CT molecular complexity index is 497. The van der Waals surface area contributed by atoms with Crippen molar-refractivity contribution < 1.29 is 22.7 Å². The fourth-order valence-electron chi connectivity index (χ4n) is 2.57. The molecule has 0 radical (unpaired) electrons. The van der Waals surface area contributed by atoms with Crippen molar-refractivity contribution in [3.05, 3.63) is 30.1 Å². The van der Waals surface area contributed by atoms with Crippen LogP contribution in [0.4, 0.5) is 18.9 Å². The van der Waals surface area contributed by atoms with Crippen molar-refractivity contribution in [3.63, 3.8) is 0 Å². The first-order valence-corrected chi connectivity index (χ1v) is 7.70. The number of amides is 1. The van der Waals surface area contributed by atoms with Crippen LogP contribution in [0.1, 0.15) is 12.8 Å². The van der Waals surface area contributed by atoms with E-state index < -0.39 is 13.0 Å². The van der Waals surface area contributed by atoms with E-state index in [1.54, 1.807) is 17.0 Å². The normalized spacial score (nSPS) is 15.8. The first-order chi connectivity index (χ1) is 11.1. The van der Waals surface area contributed by atoms with Crippen LogP contribution in [-0.4, -0.2) is 56.6 Å². The molecule has 1 saturated heterocycles. The molecule has 23 heavy (non-hydrogen) atoms. The molecule has 1 fully saturated rings. The average Bonchev–Trinajstić information content (AvgIpc) is 2.78. The molecule has 0 unspecified atom stereocenters. The van der Waals surface area contributed by atoms with Gasteiger partial charge in [0.15, 0.2) is 0 Å². The van der Waals surface area contributed by atoms with Gasteiger partial charge < -0.3 is 14.5 Å². The number of benzene rings is 1. The van der Waals surface area contributed by atoms with Crippen molar-refractivity contribution in [2.24, 2.45) is 0 Å². The van der Waals surface area contributed by atoms with E-state index in [1.165, 1.54) is 12.1 Å². The molecule has 0 bridgehead atoms. The zero-order chi connectivity index (χ0) is 16.7. The van der Waals surface area contributed by atoms with E-state index in [9.17, 15) is 18.0 Å². The maximum absolute atomic E-state index is 13.0. The van der Waals surface area contributed by atoms with Gasteiger partial charge in [0.25, 0.3) is 6.43 Å². The van der Waals surface area contributed by atoms with Gasteiger partial charge in [0.1, 0.15) is 12.4 Å². The summed E-state index contributed by atoms with van der Waals surface area (Å²) in [6, 6.07) is 6.29. The van der Waals surface area contributed by atoms with Gasteiger partial charge in [-0.3, -0.25) is 4.79 Å². The number of ether oxygens (including phenoxy) is 1. The number of rotatable bonds is 6. The minimum Gasteiger partial charge on any atom is -0.375 e. The molecule has 7 heteroatoms. The number of halogens is 3. The highest BCUT2D eigenvalue weighted by molar-refractivity contribution is 5.76. The van der Waals surface area contributed by atoms with E-state index in [-0.39, 0.29) is 24.8 Å². The maximum Gasteiger partial charge on any atom is 0.261 e. The van der Waals surface area contributed by atoms with Crippen molar-refractivity contribution in [2.75, 3.05) is 44.3 Å². The number of carbonyl (C=O) groups excluding carboxylic acids is 1. The van der Waals surface area contributed by atoms with E-state index >= 15 is 0 Å². The first kappa shape index (κ1) is 17.6. The molecular weight excluding hydrogens is 309 g/mol. The molecule has 1 aliphatic heterocycles. The second kappa shape index (κ2) is 8.76. The summed E-state index contributed by atoms with van der Waals surface area (Å²) in [7, 11) is 0. The Balaban J connectivity index is 1.78. The van der Waals surface area contributed by atoms with Gasteiger partial charge in [-0.2, -0.15) is 0 Å². The van der Waals surface area contributed by atoms with Crippen molar-refractivity contribution in [1.82, 2.24) is 4.90 Å². The largest absolute Gasteiger partial charge is 0.375 e. The lowest BCUT2D eigenvalue weighted by Crippen LogP contribution is -2.35. The van der Waals surface area contributed by atoms with E-state index in [0.29, 0.717) is 19.6 Å². The van der Waals surface area contributed by atoms with E-state index in [4.69, 9.17) is 4.74 Å². The highest BCUT2D eigenvalue weighted by Gasteiger charge is 2.19. The molecule has 0 saturated carbocycles.